The summed E-state index contributed by atoms with van der Waals surface area (Å²) in [5.74, 6) is 0. The zero-order valence-electron chi connectivity index (χ0n) is 9.42. The number of rotatable bonds is 2. The maximum absolute atomic E-state index is 9.72. The highest BCUT2D eigenvalue weighted by Gasteiger charge is 2.34. The molecular formula is C12H23NO. The SMILES string of the molecule is CC1(C)CCC(N[C@H]2CCC[C@@H]2O)C1. The van der Waals surface area contributed by atoms with Gasteiger partial charge in [0.2, 0.25) is 0 Å². The fourth-order valence-corrected chi connectivity index (χ4v) is 3.02. The van der Waals surface area contributed by atoms with Crippen LogP contribution in [0.15, 0.2) is 0 Å². The van der Waals surface area contributed by atoms with Crippen molar-refractivity contribution in [2.75, 3.05) is 0 Å². The molecule has 3 atom stereocenters. The fraction of sp³-hybridized carbons (Fsp3) is 1.00. The predicted octanol–water partition coefficient (Wildman–Crippen LogP) is 2.07. The highest BCUT2D eigenvalue weighted by Crippen LogP contribution is 2.37. The molecule has 2 fully saturated rings. The highest BCUT2D eigenvalue weighted by molar-refractivity contribution is 4.91. The lowest BCUT2D eigenvalue weighted by atomic mass is 9.92. The van der Waals surface area contributed by atoms with Crippen molar-refractivity contribution >= 4 is 0 Å². The number of aliphatic hydroxyl groups excluding tert-OH is 1. The molecule has 1 unspecified atom stereocenters. The Morgan fingerprint density at radius 2 is 2.00 bits per heavy atom. The first-order valence-electron chi connectivity index (χ1n) is 6.01. The van der Waals surface area contributed by atoms with E-state index in [1.54, 1.807) is 0 Å². The van der Waals surface area contributed by atoms with Gasteiger partial charge in [-0.1, -0.05) is 13.8 Å². The molecule has 0 amide bonds. The van der Waals surface area contributed by atoms with Crippen molar-refractivity contribution in [2.45, 2.75) is 70.6 Å². The topological polar surface area (TPSA) is 32.3 Å². The van der Waals surface area contributed by atoms with Crippen molar-refractivity contribution in [3.05, 3.63) is 0 Å². The van der Waals surface area contributed by atoms with Gasteiger partial charge in [-0.2, -0.15) is 0 Å². The Kier molecular flexibility index (Phi) is 2.85. The molecule has 0 saturated heterocycles. The highest BCUT2D eigenvalue weighted by atomic mass is 16.3. The summed E-state index contributed by atoms with van der Waals surface area (Å²) in [6.07, 6.45) is 7.15. The van der Waals surface area contributed by atoms with E-state index >= 15 is 0 Å². The lowest BCUT2D eigenvalue weighted by molar-refractivity contribution is 0.142. The number of hydrogen-bond acceptors (Lipinski definition) is 2. The van der Waals surface area contributed by atoms with Crippen LogP contribution in [0.2, 0.25) is 0 Å². The summed E-state index contributed by atoms with van der Waals surface area (Å²) in [7, 11) is 0. The number of hydrogen-bond donors (Lipinski definition) is 2. The zero-order chi connectivity index (χ0) is 10.2. The van der Waals surface area contributed by atoms with E-state index in [2.05, 4.69) is 19.2 Å². The normalized spacial score (nSPS) is 41.8. The Hall–Kier alpha value is -0.0800. The van der Waals surface area contributed by atoms with Gasteiger partial charge in [0.05, 0.1) is 6.10 Å². The van der Waals surface area contributed by atoms with E-state index in [1.165, 1.54) is 25.7 Å². The molecule has 2 heteroatoms. The molecule has 2 saturated carbocycles. The van der Waals surface area contributed by atoms with Gasteiger partial charge in [0, 0.05) is 12.1 Å². The monoisotopic (exact) mass is 197 g/mol. The molecule has 2 aliphatic rings. The van der Waals surface area contributed by atoms with Crippen LogP contribution in [0.3, 0.4) is 0 Å². The van der Waals surface area contributed by atoms with Crippen LogP contribution in [-0.2, 0) is 0 Å². The average molecular weight is 197 g/mol. The first-order chi connectivity index (χ1) is 6.57. The molecule has 82 valence electrons. The second-order valence-corrected chi connectivity index (χ2v) is 5.88. The van der Waals surface area contributed by atoms with Crippen LogP contribution in [0.25, 0.3) is 0 Å². The third kappa shape index (κ3) is 2.29. The molecule has 14 heavy (non-hydrogen) atoms. The van der Waals surface area contributed by atoms with Gasteiger partial charge < -0.3 is 10.4 Å². The molecule has 0 aliphatic heterocycles. The van der Waals surface area contributed by atoms with Gasteiger partial charge >= 0.3 is 0 Å². The second kappa shape index (κ2) is 3.82. The predicted molar refractivity (Wildman–Crippen MR) is 58.2 cm³/mol. The van der Waals surface area contributed by atoms with Gasteiger partial charge in [0.1, 0.15) is 0 Å². The summed E-state index contributed by atoms with van der Waals surface area (Å²) >= 11 is 0. The molecule has 0 spiro atoms. The van der Waals surface area contributed by atoms with Gasteiger partial charge in [0.15, 0.2) is 0 Å². The van der Waals surface area contributed by atoms with Crippen molar-refractivity contribution in [3.63, 3.8) is 0 Å². The van der Waals surface area contributed by atoms with Crippen LogP contribution in [0.5, 0.6) is 0 Å². The van der Waals surface area contributed by atoms with E-state index in [-0.39, 0.29) is 6.10 Å². The van der Waals surface area contributed by atoms with E-state index in [4.69, 9.17) is 0 Å². The molecule has 0 radical (unpaired) electrons. The Balaban J connectivity index is 1.81. The zero-order valence-corrected chi connectivity index (χ0v) is 9.42. The number of nitrogens with one attached hydrogen (secondary N) is 1. The summed E-state index contributed by atoms with van der Waals surface area (Å²) in [6, 6.07) is 1.04. The van der Waals surface area contributed by atoms with Crippen LogP contribution in [0.1, 0.15) is 52.4 Å². The lowest BCUT2D eigenvalue weighted by Gasteiger charge is -2.23. The Morgan fingerprint density at radius 1 is 1.21 bits per heavy atom. The minimum Gasteiger partial charge on any atom is -0.392 e. The van der Waals surface area contributed by atoms with E-state index in [9.17, 15) is 5.11 Å². The largest absolute Gasteiger partial charge is 0.392 e. The molecule has 0 bridgehead atoms. The van der Waals surface area contributed by atoms with Gasteiger partial charge in [-0.05, 0) is 43.9 Å². The minimum absolute atomic E-state index is 0.0845. The third-order valence-corrected chi connectivity index (χ3v) is 3.90. The summed E-state index contributed by atoms with van der Waals surface area (Å²) < 4.78 is 0. The molecule has 2 nitrogen and oxygen atoms in total. The number of aliphatic hydroxyl groups is 1. The molecule has 2 rings (SSSR count). The third-order valence-electron chi connectivity index (χ3n) is 3.90. The van der Waals surface area contributed by atoms with Gasteiger partial charge in [-0.15, -0.1) is 0 Å². The average Bonchev–Trinajstić information content (AvgIpc) is 2.61. The Morgan fingerprint density at radius 3 is 2.50 bits per heavy atom. The lowest BCUT2D eigenvalue weighted by Crippen LogP contribution is -2.41. The fourth-order valence-electron chi connectivity index (χ4n) is 3.02. The summed E-state index contributed by atoms with van der Waals surface area (Å²) in [4.78, 5) is 0. The molecule has 0 heterocycles. The molecule has 2 aliphatic carbocycles. The molecule has 0 aromatic carbocycles. The Bertz CT molecular complexity index is 202. The smallest absolute Gasteiger partial charge is 0.0693 e. The van der Waals surface area contributed by atoms with Crippen molar-refractivity contribution < 1.29 is 5.11 Å². The standard InChI is InChI=1S/C12H23NO/c1-12(2)7-6-9(8-12)13-10-4-3-5-11(10)14/h9-11,13-14H,3-8H2,1-2H3/t9?,10-,11-/m0/s1. The van der Waals surface area contributed by atoms with Crippen LogP contribution < -0.4 is 5.32 Å². The Labute approximate surface area is 87.1 Å². The summed E-state index contributed by atoms with van der Waals surface area (Å²) in [5.41, 5.74) is 0.515. The van der Waals surface area contributed by atoms with E-state index in [0.29, 0.717) is 17.5 Å². The van der Waals surface area contributed by atoms with Crippen molar-refractivity contribution in [3.8, 4) is 0 Å². The van der Waals surface area contributed by atoms with Crippen molar-refractivity contribution in [1.82, 2.24) is 5.32 Å². The van der Waals surface area contributed by atoms with Crippen LogP contribution in [-0.4, -0.2) is 23.3 Å². The van der Waals surface area contributed by atoms with Crippen LogP contribution in [0, 0.1) is 5.41 Å². The maximum atomic E-state index is 9.72. The summed E-state index contributed by atoms with van der Waals surface area (Å²) in [6.45, 7) is 4.69. The van der Waals surface area contributed by atoms with E-state index < -0.39 is 0 Å². The molecule has 2 N–H and O–H groups in total. The van der Waals surface area contributed by atoms with Crippen molar-refractivity contribution in [1.29, 1.82) is 0 Å². The maximum Gasteiger partial charge on any atom is 0.0693 e. The van der Waals surface area contributed by atoms with Crippen LogP contribution in [0.4, 0.5) is 0 Å². The first-order valence-corrected chi connectivity index (χ1v) is 6.01. The van der Waals surface area contributed by atoms with Gasteiger partial charge in [-0.3, -0.25) is 0 Å². The van der Waals surface area contributed by atoms with E-state index in [0.717, 1.165) is 12.8 Å². The van der Waals surface area contributed by atoms with Crippen molar-refractivity contribution in [2.24, 2.45) is 5.41 Å². The molecular weight excluding hydrogens is 174 g/mol. The molecule has 0 aromatic rings. The minimum atomic E-state index is -0.0845. The van der Waals surface area contributed by atoms with Gasteiger partial charge in [0.25, 0.3) is 0 Å². The second-order valence-electron chi connectivity index (χ2n) is 5.88. The van der Waals surface area contributed by atoms with E-state index in [1.807, 2.05) is 0 Å². The van der Waals surface area contributed by atoms with Crippen LogP contribution >= 0.6 is 0 Å². The quantitative estimate of drug-likeness (QED) is 0.710. The molecule has 0 aromatic heterocycles. The van der Waals surface area contributed by atoms with Gasteiger partial charge in [-0.25, -0.2) is 0 Å². The first kappa shape index (κ1) is 10.4. The summed E-state index contributed by atoms with van der Waals surface area (Å²) in [5, 5.41) is 13.4.